The van der Waals surface area contributed by atoms with E-state index in [1.165, 1.54) is 0 Å². The summed E-state index contributed by atoms with van der Waals surface area (Å²) in [6, 6.07) is 0. The van der Waals surface area contributed by atoms with Gasteiger partial charge in [0, 0.05) is 12.8 Å². The van der Waals surface area contributed by atoms with Crippen LogP contribution in [0.5, 0.6) is 0 Å². The second-order valence-electron chi connectivity index (χ2n) is 5.31. The minimum Gasteiger partial charge on any atom is -0.460 e. The van der Waals surface area contributed by atoms with Gasteiger partial charge < -0.3 is 44.8 Å². The van der Waals surface area contributed by atoms with Gasteiger partial charge in [-0.3, -0.25) is 4.79 Å². The Hall–Kier alpha value is -0.850. The highest BCUT2D eigenvalue weighted by Crippen LogP contribution is 2.22. The van der Waals surface area contributed by atoms with E-state index in [-0.39, 0.29) is 19.4 Å². The lowest BCUT2D eigenvalue weighted by Gasteiger charge is -2.39. The number of carbonyl (C=O) groups excluding carboxylic acids is 1. The van der Waals surface area contributed by atoms with Crippen molar-refractivity contribution in [3.63, 3.8) is 0 Å². The lowest BCUT2D eigenvalue weighted by molar-refractivity contribution is -0.306. The van der Waals surface area contributed by atoms with Crippen LogP contribution in [0.4, 0.5) is 0 Å². The second-order valence-corrected chi connectivity index (χ2v) is 5.31. The lowest BCUT2D eigenvalue weighted by Crippen LogP contribution is -2.59. The molecule has 0 aromatic rings. The molecule has 0 aromatic carbocycles. The van der Waals surface area contributed by atoms with E-state index >= 15 is 0 Å². The molecular formula is C13H24O10. The SMILES string of the molecule is CCC(=O)OCC(O)(O)CCO[C@@H]1O[C@H](CO)[C@@H](O)[C@H](O)[C@H]1O. The van der Waals surface area contributed by atoms with Crippen LogP contribution < -0.4 is 0 Å². The van der Waals surface area contributed by atoms with Gasteiger partial charge in [-0.15, -0.1) is 0 Å². The molecule has 0 aliphatic carbocycles. The Labute approximate surface area is 132 Å². The number of hydrogen-bond donors (Lipinski definition) is 6. The Morgan fingerprint density at radius 2 is 1.83 bits per heavy atom. The van der Waals surface area contributed by atoms with Crippen LogP contribution in [0.25, 0.3) is 0 Å². The first-order chi connectivity index (χ1) is 10.7. The van der Waals surface area contributed by atoms with Crippen molar-refractivity contribution in [2.75, 3.05) is 19.8 Å². The topological polar surface area (TPSA) is 166 Å². The Balaban J connectivity index is 2.43. The maximum atomic E-state index is 11.0. The van der Waals surface area contributed by atoms with Gasteiger partial charge in [-0.1, -0.05) is 6.92 Å². The first-order valence-electron chi connectivity index (χ1n) is 7.24. The predicted octanol–water partition coefficient (Wildman–Crippen LogP) is -3.17. The number of ether oxygens (including phenoxy) is 3. The van der Waals surface area contributed by atoms with Gasteiger partial charge in [-0.2, -0.15) is 0 Å². The molecule has 0 radical (unpaired) electrons. The van der Waals surface area contributed by atoms with Crippen molar-refractivity contribution >= 4 is 5.97 Å². The lowest BCUT2D eigenvalue weighted by atomic mass is 9.99. The zero-order valence-electron chi connectivity index (χ0n) is 12.7. The van der Waals surface area contributed by atoms with Crippen LogP contribution in [0.3, 0.4) is 0 Å². The van der Waals surface area contributed by atoms with Gasteiger partial charge in [0.05, 0.1) is 13.2 Å². The van der Waals surface area contributed by atoms with Crippen LogP contribution in [-0.2, 0) is 19.0 Å². The van der Waals surface area contributed by atoms with E-state index in [9.17, 15) is 30.3 Å². The average Bonchev–Trinajstić information content (AvgIpc) is 2.52. The van der Waals surface area contributed by atoms with Crippen molar-refractivity contribution in [1.82, 2.24) is 0 Å². The molecule has 10 heteroatoms. The zero-order valence-corrected chi connectivity index (χ0v) is 12.7. The average molecular weight is 340 g/mol. The highest BCUT2D eigenvalue weighted by molar-refractivity contribution is 5.68. The fraction of sp³-hybridized carbons (Fsp3) is 0.923. The molecule has 1 heterocycles. The first-order valence-corrected chi connectivity index (χ1v) is 7.24. The molecule has 0 unspecified atom stereocenters. The third-order valence-corrected chi connectivity index (χ3v) is 3.39. The van der Waals surface area contributed by atoms with E-state index in [4.69, 9.17) is 14.6 Å². The van der Waals surface area contributed by atoms with E-state index in [0.717, 1.165) is 0 Å². The van der Waals surface area contributed by atoms with Gasteiger partial charge >= 0.3 is 5.97 Å². The summed E-state index contributed by atoms with van der Waals surface area (Å²) >= 11 is 0. The van der Waals surface area contributed by atoms with Crippen molar-refractivity contribution in [1.29, 1.82) is 0 Å². The third-order valence-electron chi connectivity index (χ3n) is 3.39. The van der Waals surface area contributed by atoms with Crippen LogP contribution in [-0.4, -0.2) is 92.9 Å². The Morgan fingerprint density at radius 1 is 1.17 bits per heavy atom. The number of esters is 1. The maximum absolute atomic E-state index is 11.0. The summed E-state index contributed by atoms with van der Waals surface area (Å²) in [5, 5.41) is 57.1. The van der Waals surface area contributed by atoms with Crippen LogP contribution in [0, 0.1) is 0 Å². The molecule has 0 amide bonds. The Kier molecular flexibility index (Phi) is 7.77. The highest BCUT2D eigenvalue weighted by Gasteiger charge is 2.44. The molecule has 5 atom stereocenters. The number of rotatable bonds is 8. The quantitative estimate of drug-likeness (QED) is 0.196. The molecule has 6 N–H and O–H groups in total. The number of aliphatic hydroxyl groups is 6. The van der Waals surface area contributed by atoms with Crippen molar-refractivity contribution in [2.24, 2.45) is 0 Å². The summed E-state index contributed by atoms with van der Waals surface area (Å²) in [4.78, 5) is 11.0. The minimum absolute atomic E-state index is 0.0947. The van der Waals surface area contributed by atoms with Crippen LogP contribution in [0.15, 0.2) is 0 Å². The number of carbonyl (C=O) groups is 1. The van der Waals surface area contributed by atoms with Crippen molar-refractivity contribution < 1.29 is 49.6 Å². The summed E-state index contributed by atoms with van der Waals surface area (Å²) in [5.74, 6) is -2.91. The fourth-order valence-corrected chi connectivity index (χ4v) is 1.91. The molecular weight excluding hydrogens is 316 g/mol. The van der Waals surface area contributed by atoms with E-state index in [1.54, 1.807) is 6.92 Å². The molecule has 1 saturated heterocycles. The Bertz CT molecular complexity index is 372. The van der Waals surface area contributed by atoms with Gasteiger partial charge in [-0.25, -0.2) is 0 Å². The van der Waals surface area contributed by atoms with Crippen LogP contribution >= 0.6 is 0 Å². The van der Waals surface area contributed by atoms with Gasteiger partial charge in [-0.05, 0) is 0 Å². The minimum atomic E-state index is -2.32. The molecule has 136 valence electrons. The largest absolute Gasteiger partial charge is 0.460 e. The van der Waals surface area contributed by atoms with E-state index in [2.05, 4.69) is 4.74 Å². The molecule has 0 spiro atoms. The highest BCUT2D eigenvalue weighted by atomic mass is 16.7. The molecule has 23 heavy (non-hydrogen) atoms. The van der Waals surface area contributed by atoms with Crippen molar-refractivity contribution in [3.05, 3.63) is 0 Å². The predicted molar refractivity (Wildman–Crippen MR) is 72.8 cm³/mol. The monoisotopic (exact) mass is 340 g/mol. The van der Waals surface area contributed by atoms with Gasteiger partial charge in [0.25, 0.3) is 0 Å². The second kappa shape index (κ2) is 8.85. The van der Waals surface area contributed by atoms with E-state index < -0.39 is 55.7 Å². The summed E-state index contributed by atoms with van der Waals surface area (Å²) in [6.45, 7) is 0.0137. The van der Waals surface area contributed by atoms with Gasteiger partial charge in [0.2, 0.25) is 0 Å². The summed E-state index contributed by atoms with van der Waals surface area (Å²) in [7, 11) is 0. The first kappa shape index (κ1) is 20.2. The van der Waals surface area contributed by atoms with Crippen molar-refractivity contribution in [2.45, 2.75) is 56.3 Å². The van der Waals surface area contributed by atoms with Crippen LogP contribution in [0.1, 0.15) is 19.8 Å². The Morgan fingerprint density at radius 3 is 2.39 bits per heavy atom. The molecule has 0 saturated carbocycles. The summed E-state index contributed by atoms with van der Waals surface area (Å²) in [5.41, 5.74) is 0. The smallest absolute Gasteiger partial charge is 0.305 e. The van der Waals surface area contributed by atoms with Gasteiger partial charge in [0.15, 0.2) is 12.1 Å². The maximum Gasteiger partial charge on any atom is 0.305 e. The molecule has 10 nitrogen and oxygen atoms in total. The zero-order chi connectivity index (χ0) is 17.6. The normalized spacial score (nSPS) is 31.9. The fourth-order valence-electron chi connectivity index (χ4n) is 1.91. The van der Waals surface area contributed by atoms with E-state index in [0.29, 0.717) is 0 Å². The van der Waals surface area contributed by atoms with Crippen LogP contribution in [0.2, 0.25) is 0 Å². The number of aliphatic hydroxyl groups excluding tert-OH is 4. The van der Waals surface area contributed by atoms with Gasteiger partial charge in [0.1, 0.15) is 31.0 Å². The summed E-state index contributed by atoms with van der Waals surface area (Å²) in [6.07, 6.45) is -7.40. The van der Waals surface area contributed by atoms with E-state index in [1.807, 2.05) is 0 Å². The molecule has 1 aliphatic rings. The summed E-state index contributed by atoms with van der Waals surface area (Å²) < 4.78 is 14.8. The molecule has 1 rings (SSSR count). The molecule has 1 aliphatic heterocycles. The molecule has 0 aromatic heterocycles. The van der Waals surface area contributed by atoms with Crippen molar-refractivity contribution in [3.8, 4) is 0 Å². The number of hydrogen-bond acceptors (Lipinski definition) is 10. The standard InChI is InChI=1S/C13H24O10/c1-2-8(15)22-6-13(19,20)3-4-21-12-11(18)10(17)9(16)7(5-14)23-12/h7,9-12,14,16-20H,2-6H2,1H3/t7-,9-,10+,11-,12-/m1/s1. The third kappa shape index (κ3) is 5.94. The molecule has 0 bridgehead atoms. The molecule has 1 fully saturated rings.